The van der Waals surface area contributed by atoms with Crippen molar-refractivity contribution in [2.75, 3.05) is 5.32 Å². The number of fused-ring (bicyclic) bond motifs is 2. The predicted octanol–water partition coefficient (Wildman–Crippen LogP) is 5.16. The summed E-state index contributed by atoms with van der Waals surface area (Å²) in [5, 5.41) is 2.65. The predicted molar refractivity (Wildman–Crippen MR) is 131 cm³/mol. The number of imidazole rings is 1. The van der Waals surface area contributed by atoms with Crippen LogP contribution in [-0.4, -0.2) is 37.1 Å². The van der Waals surface area contributed by atoms with Crippen LogP contribution in [0.1, 0.15) is 43.9 Å². The second-order valence-electron chi connectivity index (χ2n) is 9.42. The summed E-state index contributed by atoms with van der Waals surface area (Å²) >= 11 is 0. The first kappa shape index (κ1) is 24.7. The van der Waals surface area contributed by atoms with E-state index in [4.69, 9.17) is 0 Å². The molecule has 37 heavy (non-hydrogen) atoms. The van der Waals surface area contributed by atoms with Crippen molar-refractivity contribution < 1.29 is 22.8 Å². The molecular weight excluding hydrogens is 483 g/mol. The van der Waals surface area contributed by atoms with E-state index in [0.717, 1.165) is 37.1 Å². The van der Waals surface area contributed by atoms with Crippen molar-refractivity contribution in [1.29, 1.82) is 0 Å². The Hall–Kier alpha value is -3.95. The van der Waals surface area contributed by atoms with E-state index < -0.39 is 23.6 Å². The van der Waals surface area contributed by atoms with Crippen molar-refractivity contribution in [2.24, 2.45) is 5.92 Å². The van der Waals surface area contributed by atoms with Gasteiger partial charge in [0, 0.05) is 36.5 Å². The number of hydrogen-bond acceptors (Lipinski definition) is 4. The lowest BCUT2D eigenvalue weighted by molar-refractivity contribution is -0.145. The van der Waals surface area contributed by atoms with Gasteiger partial charge in [-0.3, -0.25) is 14.6 Å². The fourth-order valence-electron chi connectivity index (χ4n) is 5.06. The van der Waals surface area contributed by atoms with E-state index in [1.807, 2.05) is 0 Å². The second-order valence-corrected chi connectivity index (χ2v) is 9.42. The molecule has 0 aromatic carbocycles. The molecule has 0 aliphatic heterocycles. The van der Waals surface area contributed by atoms with Crippen LogP contribution in [0, 0.1) is 5.92 Å². The lowest BCUT2D eigenvalue weighted by atomic mass is 9.75. The monoisotopic (exact) mass is 509 g/mol. The molecule has 2 aliphatic carbocycles. The largest absolute Gasteiger partial charge is 0.417 e. The van der Waals surface area contributed by atoms with Crippen LogP contribution in [0.4, 0.5) is 18.9 Å². The van der Waals surface area contributed by atoms with Crippen molar-refractivity contribution in [2.45, 2.75) is 51.4 Å². The number of halogens is 3. The molecule has 0 radical (unpaired) electrons. The van der Waals surface area contributed by atoms with Gasteiger partial charge < -0.3 is 14.6 Å². The van der Waals surface area contributed by atoms with Gasteiger partial charge in [-0.05, 0) is 60.9 Å². The lowest BCUT2D eigenvalue weighted by Gasteiger charge is -2.40. The van der Waals surface area contributed by atoms with Gasteiger partial charge in [-0.2, -0.15) is 13.2 Å². The molecule has 2 amide bonds. The molecule has 2 unspecified atom stereocenters. The highest BCUT2D eigenvalue weighted by Crippen LogP contribution is 2.40. The Morgan fingerprint density at radius 1 is 1.08 bits per heavy atom. The maximum absolute atomic E-state index is 13.6. The quantitative estimate of drug-likeness (QED) is 0.493. The van der Waals surface area contributed by atoms with E-state index in [9.17, 15) is 22.8 Å². The molecule has 1 fully saturated rings. The van der Waals surface area contributed by atoms with Crippen molar-refractivity contribution in [3.05, 3.63) is 83.6 Å². The number of alkyl halides is 3. The highest BCUT2D eigenvalue weighted by atomic mass is 19.4. The number of anilines is 1. The molecule has 2 atom stereocenters. The van der Waals surface area contributed by atoms with Gasteiger partial charge in [0.2, 0.25) is 0 Å². The number of amides is 2. The summed E-state index contributed by atoms with van der Waals surface area (Å²) in [6.45, 7) is 2.05. The topological polar surface area (TPSA) is 79.6 Å². The Kier molecular flexibility index (Phi) is 6.57. The molecule has 5 rings (SSSR count). The number of allylic oxidation sites excluding steroid dienone is 2. The molecule has 0 saturated heterocycles. The standard InChI is InChI=1S/C27H26F3N5O2/c1-17-6-9-23(22-5-3-2-4-21(17)22)35(16-20-8-7-18(15-32-20)27(28,29)30)26(37)25(36)33-19-10-12-34-13-11-31-24(34)14-19/h4-5,7-8,10-15,17,23H,2-3,6,9,16H2,1H3,(H,33,36). The Morgan fingerprint density at radius 2 is 1.86 bits per heavy atom. The third-order valence-corrected chi connectivity index (χ3v) is 6.96. The molecule has 3 heterocycles. The van der Waals surface area contributed by atoms with Crippen LogP contribution in [-0.2, 0) is 22.3 Å². The SMILES string of the molecule is CC1CCC(N(Cc2ccc(C(F)(F)F)cn2)C(=O)C(=O)Nc2ccn3ccnc3c2)C2=CCCC=C21. The number of carbonyl (C=O) groups excluding carboxylic acids is 2. The van der Waals surface area contributed by atoms with Crippen LogP contribution in [0.25, 0.3) is 5.65 Å². The Bertz CT molecular complexity index is 1390. The average molecular weight is 510 g/mol. The van der Waals surface area contributed by atoms with Gasteiger partial charge >= 0.3 is 18.0 Å². The van der Waals surface area contributed by atoms with Gasteiger partial charge in [-0.1, -0.05) is 19.1 Å². The van der Waals surface area contributed by atoms with Gasteiger partial charge in [0.05, 0.1) is 23.8 Å². The van der Waals surface area contributed by atoms with Crippen molar-refractivity contribution >= 4 is 23.1 Å². The number of aromatic nitrogens is 3. The minimum Gasteiger partial charge on any atom is -0.322 e. The van der Waals surface area contributed by atoms with Gasteiger partial charge in [0.25, 0.3) is 0 Å². The smallest absolute Gasteiger partial charge is 0.322 e. The molecule has 10 heteroatoms. The van der Waals surface area contributed by atoms with E-state index in [0.29, 0.717) is 23.7 Å². The fourth-order valence-corrected chi connectivity index (χ4v) is 5.06. The first-order valence-corrected chi connectivity index (χ1v) is 12.2. The lowest BCUT2D eigenvalue weighted by Crippen LogP contribution is -2.48. The van der Waals surface area contributed by atoms with Crippen LogP contribution in [0.15, 0.2) is 72.4 Å². The number of nitrogens with zero attached hydrogens (tertiary/aromatic N) is 4. The third-order valence-electron chi connectivity index (χ3n) is 6.96. The Morgan fingerprint density at radius 3 is 2.59 bits per heavy atom. The molecule has 1 saturated carbocycles. The number of carbonyl (C=O) groups is 2. The zero-order chi connectivity index (χ0) is 26.2. The maximum Gasteiger partial charge on any atom is 0.417 e. The Balaban J connectivity index is 1.43. The van der Waals surface area contributed by atoms with Crippen LogP contribution in [0.3, 0.4) is 0 Å². The Labute approximate surface area is 211 Å². The summed E-state index contributed by atoms with van der Waals surface area (Å²) in [6, 6.07) is 5.14. The van der Waals surface area contributed by atoms with E-state index >= 15 is 0 Å². The highest BCUT2D eigenvalue weighted by molar-refractivity contribution is 6.39. The molecule has 7 nitrogen and oxygen atoms in total. The van der Waals surface area contributed by atoms with E-state index in [1.54, 1.807) is 35.1 Å². The number of hydrogen-bond donors (Lipinski definition) is 1. The molecule has 3 aromatic rings. The molecule has 1 N–H and O–H groups in total. The first-order valence-electron chi connectivity index (χ1n) is 12.2. The van der Waals surface area contributed by atoms with Crippen molar-refractivity contribution in [1.82, 2.24) is 19.3 Å². The highest BCUT2D eigenvalue weighted by Gasteiger charge is 2.37. The van der Waals surface area contributed by atoms with Crippen molar-refractivity contribution in [3.8, 4) is 0 Å². The average Bonchev–Trinajstić information content (AvgIpc) is 3.35. The number of nitrogens with one attached hydrogen (secondary N) is 1. The fraction of sp³-hybridized carbons (Fsp3) is 0.333. The van der Waals surface area contributed by atoms with Crippen molar-refractivity contribution in [3.63, 3.8) is 0 Å². The second kappa shape index (κ2) is 9.84. The van der Waals surface area contributed by atoms with E-state index in [2.05, 4.69) is 34.4 Å². The zero-order valence-corrected chi connectivity index (χ0v) is 20.2. The third kappa shape index (κ3) is 5.14. The number of rotatable bonds is 4. The summed E-state index contributed by atoms with van der Waals surface area (Å²) in [4.78, 5) is 36.3. The molecule has 2 aliphatic rings. The van der Waals surface area contributed by atoms with Gasteiger partial charge in [0.1, 0.15) is 5.65 Å². The summed E-state index contributed by atoms with van der Waals surface area (Å²) < 4.78 is 40.9. The van der Waals surface area contributed by atoms with Gasteiger partial charge in [-0.15, -0.1) is 0 Å². The molecule has 192 valence electrons. The van der Waals surface area contributed by atoms with Crippen LogP contribution >= 0.6 is 0 Å². The molecule has 0 bridgehead atoms. The van der Waals surface area contributed by atoms with Crippen LogP contribution in [0.2, 0.25) is 0 Å². The van der Waals surface area contributed by atoms with E-state index in [1.165, 1.54) is 16.5 Å². The zero-order valence-electron chi connectivity index (χ0n) is 20.2. The summed E-state index contributed by atoms with van der Waals surface area (Å²) in [5.74, 6) is -1.27. The minimum atomic E-state index is -4.51. The summed E-state index contributed by atoms with van der Waals surface area (Å²) in [5.41, 5.74) is 2.61. The summed E-state index contributed by atoms with van der Waals surface area (Å²) in [6.07, 6.45) is 8.87. The van der Waals surface area contributed by atoms with Gasteiger partial charge in [-0.25, -0.2) is 4.98 Å². The minimum absolute atomic E-state index is 0.0899. The summed E-state index contributed by atoms with van der Waals surface area (Å²) in [7, 11) is 0. The van der Waals surface area contributed by atoms with Crippen LogP contribution < -0.4 is 5.32 Å². The first-order chi connectivity index (χ1) is 17.7. The van der Waals surface area contributed by atoms with Gasteiger partial charge in [0.15, 0.2) is 0 Å². The molecule has 3 aromatic heterocycles. The molecular formula is C27H26F3N5O2. The molecule has 0 spiro atoms. The van der Waals surface area contributed by atoms with Crippen LogP contribution in [0.5, 0.6) is 0 Å². The van der Waals surface area contributed by atoms with E-state index in [-0.39, 0.29) is 18.3 Å². The number of pyridine rings is 2. The normalized spacial score (nSPS) is 19.6. The maximum atomic E-state index is 13.6.